The Morgan fingerprint density at radius 1 is 1.47 bits per heavy atom. The van der Waals surface area contributed by atoms with Crippen LogP contribution >= 0.6 is 22.9 Å². The highest BCUT2D eigenvalue weighted by atomic mass is 35.5. The maximum Gasteiger partial charge on any atom is 0.251 e. The summed E-state index contributed by atoms with van der Waals surface area (Å²) in [7, 11) is 1.62. The number of halogens is 1. The Balaban J connectivity index is 2.12. The Hall–Kier alpha value is -1.59. The molecule has 100 valence electrons. The van der Waals surface area contributed by atoms with Crippen LogP contribution in [0.3, 0.4) is 0 Å². The molecule has 0 atom stereocenters. The molecule has 2 aromatic rings. The van der Waals surface area contributed by atoms with Crippen molar-refractivity contribution in [1.82, 2.24) is 10.3 Å². The molecule has 0 unspecified atom stereocenters. The van der Waals surface area contributed by atoms with Crippen molar-refractivity contribution in [3.63, 3.8) is 0 Å². The maximum atomic E-state index is 11.6. The molecule has 0 aliphatic rings. The molecule has 19 heavy (non-hydrogen) atoms. The summed E-state index contributed by atoms with van der Waals surface area (Å²) in [5.74, 6) is -0.0969. The number of benzene rings is 1. The van der Waals surface area contributed by atoms with Gasteiger partial charge in [-0.2, -0.15) is 0 Å². The van der Waals surface area contributed by atoms with E-state index in [1.165, 1.54) is 11.3 Å². The number of carbonyl (C=O) groups excluding carboxylic acids is 1. The van der Waals surface area contributed by atoms with Crippen molar-refractivity contribution in [3.8, 4) is 0 Å². The summed E-state index contributed by atoms with van der Waals surface area (Å²) in [6, 6.07) is 5.56. The van der Waals surface area contributed by atoms with Crippen LogP contribution < -0.4 is 10.6 Å². The van der Waals surface area contributed by atoms with Crippen LogP contribution in [-0.2, 0) is 6.54 Å². The lowest BCUT2D eigenvalue weighted by molar-refractivity contribution is 0.0963. The van der Waals surface area contributed by atoms with Gasteiger partial charge in [-0.1, -0.05) is 17.7 Å². The Morgan fingerprint density at radius 3 is 2.89 bits per heavy atom. The lowest BCUT2D eigenvalue weighted by Gasteiger charge is -2.10. The number of carbonyl (C=O) groups is 1. The highest BCUT2D eigenvalue weighted by molar-refractivity contribution is 7.15. The number of aryl methyl sites for hydroxylation is 1. The molecule has 0 saturated heterocycles. The van der Waals surface area contributed by atoms with Gasteiger partial charge in [0.25, 0.3) is 5.91 Å². The largest absolute Gasteiger partial charge is 0.378 e. The number of nitrogens with one attached hydrogen (secondary N) is 2. The van der Waals surface area contributed by atoms with Crippen LogP contribution in [0.15, 0.2) is 24.4 Å². The van der Waals surface area contributed by atoms with E-state index in [4.69, 9.17) is 11.6 Å². The molecule has 1 aromatic carbocycles. The number of anilines is 1. The highest BCUT2D eigenvalue weighted by Gasteiger charge is 2.07. The van der Waals surface area contributed by atoms with E-state index >= 15 is 0 Å². The van der Waals surface area contributed by atoms with Crippen LogP contribution in [0.1, 0.15) is 20.9 Å². The Bertz CT molecular complexity index is 597. The molecule has 0 bridgehead atoms. The number of hydrogen-bond donors (Lipinski definition) is 2. The lowest BCUT2D eigenvalue weighted by atomic mass is 10.1. The summed E-state index contributed by atoms with van der Waals surface area (Å²) in [6.07, 6.45) is 1.64. The normalized spacial score (nSPS) is 10.3. The van der Waals surface area contributed by atoms with Crippen molar-refractivity contribution in [2.24, 2.45) is 0 Å². The molecule has 1 amide bonds. The van der Waals surface area contributed by atoms with Gasteiger partial charge in [0.15, 0.2) is 0 Å². The zero-order valence-corrected chi connectivity index (χ0v) is 12.2. The van der Waals surface area contributed by atoms with Gasteiger partial charge in [-0.15, -0.1) is 11.3 Å². The standard InChI is InChI=1S/C13H14ClN3OS/c1-8-3-4-9(13(18)15-2)5-10(8)16-7-12-17-6-11(14)19-12/h3-6,16H,7H2,1-2H3,(H,15,18). The second-order valence-electron chi connectivity index (χ2n) is 4.02. The molecule has 4 nitrogen and oxygen atoms in total. The molecular weight excluding hydrogens is 282 g/mol. The first-order valence-electron chi connectivity index (χ1n) is 5.77. The minimum atomic E-state index is -0.0969. The Kier molecular flexibility index (Phi) is 4.39. The predicted molar refractivity (Wildman–Crippen MR) is 79.0 cm³/mol. The van der Waals surface area contributed by atoms with Gasteiger partial charge in [-0.05, 0) is 24.6 Å². The third kappa shape index (κ3) is 3.45. The molecule has 0 saturated carbocycles. The third-order valence-electron chi connectivity index (χ3n) is 2.68. The van der Waals surface area contributed by atoms with Crippen molar-refractivity contribution in [3.05, 3.63) is 44.9 Å². The summed E-state index contributed by atoms with van der Waals surface area (Å²) in [5, 5.41) is 6.79. The topological polar surface area (TPSA) is 54.0 Å². The second kappa shape index (κ2) is 6.04. The van der Waals surface area contributed by atoms with Crippen molar-refractivity contribution in [1.29, 1.82) is 0 Å². The number of nitrogens with zero attached hydrogens (tertiary/aromatic N) is 1. The molecular formula is C13H14ClN3OS. The van der Waals surface area contributed by atoms with Gasteiger partial charge in [-0.3, -0.25) is 4.79 Å². The summed E-state index contributed by atoms with van der Waals surface area (Å²) < 4.78 is 0.674. The summed E-state index contributed by atoms with van der Waals surface area (Å²) in [4.78, 5) is 15.8. The molecule has 2 N–H and O–H groups in total. The minimum Gasteiger partial charge on any atom is -0.378 e. The first kappa shape index (κ1) is 13.8. The first-order valence-corrected chi connectivity index (χ1v) is 6.96. The van der Waals surface area contributed by atoms with E-state index in [-0.39, 0.29) is 5.91 Å². The van der Waals surface area contributed by atoms with Crippen LogP contribution in [0.5, 0.6) is 0 Å². The molecule has 0 spiro atoms. The van der Waals surface area contributed by atoms with E-state index in [2.05, 4.69) is 15.6 Å². The molecule has 0 aliphatic carbocycles. The van der Waals surface area contributed by atoms with E-state index in [0.717, 1.165) is 16.3 Å². The molecule has 6 heteroatoms. The predicted octanol–water partition coefficient (Wildman–Crippen LogP) is 3.08. The van der Waals surface area contributed by atoms with Gasteiger partial charge in [0.1, 0.15) is 9.34 Å². The third-order valence-corrected chi connectivity index (χ3v) is 3.80. The molecule has 0 aliphatic heterocycles. The number of aromatic nitrogens is 1. The maximum absolute atomic E-state index is 11.6. The van der Waals surface area contributed by atoms with E-state index in [1.807, 2.05) is 19.1 Å². The van der Waals surface area contributed by atoms with Crippen LogP contribution in [0.25, 0.3) is 0 Å². The molecule has 1 heterocycles. The van der Waals surface area contributed by atoms with Gasteiger partial charge in [0, 0.05) is 18.3 Å². The number of amides is 1. The van der Waals surface area contributed by atoms with Crippen LogP contribution in [0.4, 0.5) is 5.69 Å². The highest BCUT2D eigenvalue weighted by Crippen LogP contribution is 2.21. The van der Waals surface area contributed by atoms with Gasteiger partial charge in [0.2, 0.25) is 0 Å². The van der Waals surface area contributed by atoms with Crippen LogP contribution in [-0.4, -0.2) is 17.9 Å². The van der Waals surface area contributed by atoms with Crippen molar-refractivity contribution in [2.75, 3.05) is 12.4 Å². The SMILES string of the molecule is CNC(=O)c1ccc(C)c(NCc2ncc(Cl)s2)c1. The van der Waals surface area contributed by atoms with Crippen LogP contribution in [0.2, 0.25) is 4.34 Å². The zero-order valence-electron chi connectivity index (χ0n) is 10.7. The second-order valence-corrected chi connectivity index (χ2v) is 5.77. The summed E-state index contributed by atoms with van der Waals surface area (Å²) >= 11 is 7.27. The van der Waals surface area contributed by atoms with Gasteiger partial charge < -0.3 is 10.6 Å². The van der Waals surface area contributed by atoms with E-state index < -0.39 is 0 Å². The van der Waals surface area contributed by atoms with Crippen molar-refractivity contribution < 1.29 is 4.79 Å². The molecule has 0 radical (unpaired) electrons. The average molecular weight is 296 g/mol. The average Bonchev–Trinajstić information content (AvgIpc) is 2.82. The smallest absolute Gasteiger partial charge is 0.251 e. The first-order chi connectivity index (χ1) is 9.10. The molecule has 2 rings (SSSR count). The fourth-order valence-electron chi connectivity index (χ4n) is 1.64. The minimum absolute atomic E-state index is 0.0969. The zero-order chi connectivity index (χ0) is 13.8. The fourth-order valence-corrected chi connectivity index (χ4v) is 2.53. The lowest BCUT2D eigenvalue weighted by Crippen LogP contribution is -2.18. The Labute approximate surface area is 120 Å². The number of rotatable bonds is 4. The summed E-state index contributed by atoms with van der Waals surface area (Å²) in [5.41, 5.74) is 2.63. The Morgan fingerprint density at radius 2 is 2.26 bits per heavy atom. The van der Waals surface area contributed by atoms with E-state index in [1.54, 1.807) is 19.3 Å². The van der Waals surface area contributed by atoms with Gasteiger partial charge >= 0.3 is 0 Å². The quantitative estimate of drug-likeness (QED) is 0.911. The van der Waals surface area contributed by atoms with Crippen molar-refractivity contribution >= 4 is 34.5 Å². The van der Waals surface area contributed by atoms with Crippen LogP contribution in [0, 0.1) is 6.92 Å². The number of hydrogen-bond acceptors (Lipinski definition) is 4. The molecule has 0 fully saturated rings. The van der Waals surface area contributed by atoms with Gasteiger partial charge in [-0.25, -0.2) is 4.98 Å². The fraction of sp³-hybridized carbons (Fsp3) is 0.231. The molecule has 1 aromatic heterocycles. The monoisotopic (exact) mass is 295 g/mol. The van der Waals surface area contributed by atoms with E-state index in [9.17, 15) is 4.79 Å². The van der Waals surface area contributed by atoms with Crippen molar-refractivity contribution in [2.45, 2.75) is 13.5 Å². The van der Waals surface area contributed by atoms with Gasteiger partial charge in [0.05, 0.1) is 12.7 Å². The number of thiazole rings is 1. The van der Waals surface area contributed by atoms with E-state index in [0.29, 0.717) is 16.4 Å². The summed E-state index contributed by atoms with van der Waals surface area (Å²) in [6.45, 7) is 2.58.